The second-order valence-corrected chi connectivity index (χ2v) is 3.13. The fourth-order valence-electron chi connectivity index (χ4n) is 1.53. The molecule has 0 bridgehead atoms. The fourth-order valence-corrected chi connectivity index (χ4v) is 1.53. The van der Waals surface area contributed by atoms with Gasteiger partial charge in [0.2, 0.25) is 0 Å². The van der Waals surface area contributed by atoms with Gasteiger partial charge in [0.25, 0.3) is 0 Å². The third-order valence-corrected chi connectivity index (χ3v) is 2.21. The molecule has 0 radical (unpaired) electrons. The lowest BCUT2D eigenvalue weighted by Gasteiger charge is -2.14. The van der Waals surface area contributed by atoms with Crippen LogP contribution in [0.1, 0.15) is 19.3 Å². The minimum absolute atomic E-state index is 0.127. The molecular formula is C8H17N3O. The predicted octanol–water partition coefficient (Wildman–Crippen LogP) is -0.305. The summed E-state index contributed by atoms with van der Waals surface area (Å²) in [7, 11) is 3.57. The van der Waals surface area contributed by atoms with Gasteiger partial charge in [0, 0.05) is 20.1 Å². The summed E-state index contributed by atoms with van der Waals surface area (Å²) < 4.78 is 0. The Kier molecular flexibility index (Phi) is 3.34. The zero-order valence-corrected chi connectivity index (χ0v) is 7.67. The second-order valence-electron chi connectivity index (χ2n) is 3.13. The summed E-state index contributed by atoms with van der Waals surface area (Å²) in [5, 5.41) is 15.4. The van der Waals surface area contributed by atoms with Gasteiger partial charge in [0.05, 0.1) is 6.10 Å². The van der Waals surface area contributed by atoms with Crippen molar-refractivity contribution in [3.63, 3.8) is 0 Å². The zero-order chi connectivity index (χ0) is 8.97. The first-order valence-electron chi connectivity index (χ1n) is 4.35. The van der Waals surface area contributed by atoms with Crippen LogP contribution in [0.5, 0.6) is 0 Å². The van der Waals surface area contributed by atoms with E-state index in [4.69, 9.17) is 0 Å². The Bertz CT molecular complexity index is 170. The highest BCUT2D eigenvalue weighted by molar-refractivity contribution is 5.79. The van der Waals surface area contributed by atoms with E-state index < -0.39 is 0 Å². The number of hydrogen-bond donors (Lipinski definition) is 3. The molecule has 0 aromatic heterocycles. The quantitative estimate of drug-likeness (QED) is 0.375. The Morgan fingerprint density at radius 1 is 1.50 bits per heavy atom. The maximum absolute atomic E-state index is 9.26. The molecule has 0 unspecified atom stereocenters. The number of nitrogens with one attached hydrogen (secondary N) is 2. The summed E-state index contributed by atoms with van der Waals surface area (Å²) >= 11 is 0. The maximum Gasteiger partial charge on any atom is 0.190 e. The molecule has 70 valence electrons. The molecule has 4 heteroatoms. The van der Waals surface area contributed by atoms with Crippen molar-refractivity contribution < 1.29 is 5.11 Å². The molecule has 1 aliphatic carbocycles. The Balaban J connectivity index is 2.31. The molecule has 4 nitrogen and oxygen atoms in total. The van der Waals surface area contributed by atoms with Gasteiger partial charge in [-0.25, -0.2) is 0 Å². The summed E-state index contributed by atoms with van der Waals surface area (Å²) in [6, 6.07) is 0.381. The van der Waals surface area contributed by atoms with Crippen molar-refractivity contribution in [1.29, 1.82) is 0 Å². The normalized spacial score (nSPS) is 30.4. The highest BCUT2D eigenvalue weighted by Crippen LogP contribution is 2.18. The van der Waals surface area contributed by atoms with E-state index >= 15 is 0 Å². The number of guanidine groups is 1. The van der Waals surface area contributed by atoms with E-state index in [0.29, 0.717) is 6.04 Å². The van der Waals surface area contributed by atoms with E-state index in [1.165, 1.54) is 0 Å². The highest BCUT2D eigenvalue weighted by Gasteiger charge is 2.22. The van der Waals surface area contributed by atoms with Gasteiger partial charge in [-0.15, -0.1) is 0 Å². The average molecular weight is 171 g/mol. The lowest BCUT2D eigenvalue weighted by molar-refractivity contribution is 0.180. The van der Waals surface area contributed by atoms with Gasteiger partial charge in [0.15, 0.2) is 5.96 Å². The van der Waals surface area contributed by atoms with Crippen LogP contribution < -0.4 is 10.6 Å². The van der Waals surface area contributed by atoms with Gasteiger partial charge in [-0.3, -0.25) is 4.99 Å². The van der Waals surface area contributed by atoms with Gasteiger partial charge < -0.3 is 15.7 Å². The van der Waals surface area contributed by atoms with Gasteiger partial charge in [-0.2, -0.15) is 0 Å². The summed E-state index contributed by atoms with van der Waals surface area (Å²) in [6.45, 7) is 0. The van der Waals surface area contributed by atoms with Crippen LogP contribution in [0, 0.1) is 0 Å². The SMILES string of the molecule is C/N=C(\NC)N[C@@H]1CC[C@H](O)C1. The smallest absolute Gasteiger partial charge is 0.190 e. The lowest BCUT2D eigenvalue weighted by Crippen LogP contribution is -2.40. The Hall–Kier alpha value is -0.770. The molecule has 0 spiro atoms. The van der Waals surface area contributed by atoms with Gasteiger partial charge in [-0.05, 0) is 19.3 Å². The average Bonchev–Trinajstić information content (AvgIpc) is 2.47. The van der Waals surface area contributed by atoms with Crippen LogP contribution in [-0.2, 0) is 0 Å². The molecule has 12 heavy (non-hydrogen) atoms. The van der Waals surface area contributed by atoms with Crippen molar-refractivity contribution in [1.82, 2.24) is 10.6 Å². The van der Waals surface area contributed by atoms with E-state index in [1.807, 2.05) is 7.05 Å². The molecule has 0 aromatic rings. The molecule has 1 fully saturated rings. The van der Waals surface area contributed by atoms with Crippen LogP contribution >= 0.6 is 0 Å². The van der Waals surface area contributed by atoms with Crippen molar-refractivity contribution >= 4 is 5.96 Å². The number of aliphatic imine (C=N–C) groups is 1. The van der Waals surface area contributed by atoms with Gasteiger partial charge in [0.1, 0.15) is 0 Å². The standard InChI is InChI=1S/C8H17N3O/c1-9-8(10-2)11-6-3-4-7(12)5-6/h6-7,12H,3-5H2,1-2H3,(H2,9,10,11)/t6-,7+/m1/s1. The first kappa shape index (κ1) is 9.32. The molecule has 0 amide bonds. The Morgan fingerprint density at radius 2 is 2.25 bits per heavy atom. The largest absolute Gasteiger partial charge is 0.393 e. The van der Waals surface area contributed by atoms with Crippen LogP contribution in [0.4, 0.5) is 0 Å². The first-order valence-corrected chi connectivity index (χ1v) is 4.35. The predicted molar refractivity (Wildman–Crippen MR) is 49.2 cm³/mol. The van der Waals surface area contributed by atoms with E-state index in [9.17, 15) is 5.11 Å². The summed E-state index contributed by atoms with van der Waals surface area (Å²) in [5.74, 6) is 0.800. The molecule has 2 atom stereocenters. The molecule has 1 saturated carbocycles. The molecule has 1 rings (SSSR count). The van der Waals surface area contributed by atoms with E-state index in [-0.39, 0.29) is 6.10 Å². The Labute approximate surface area is 73.1 Å². The number of hydrogen-bond acceptors (Lipinski definition) is 2. The molecular weight excluding hydrogens is 154 g/mol. The van der Waals surface area contributed by atoms with Crippen LogP contribution in [-0.4, -0.2) is 37.3 Å². The maximum atomic E-state index is 9.26. The number of rotatable bonds is 1. The molecule has 0 heterocycles. The first-order chi connectivity index (χ1) is 5.76. The topological polar surface area (TPSA) is 56.7 Å². The summed E-state index contributed by atoms with van der Waals surface area (Å²) in [6.07, 6.45) is 2.64. The van der Waals surface area contributed by atoms with Crippen LogP contribution in [0.25, 0.3) is 0 Å². The fraction of sp³-hybridized carbons (Fsp3) is 0.875. The lowest BCUT2D eigenvalue weighted by atomic mass is 10.2. The second kappa shape index (κ2) is 4.30. The minimum Gasteiger partial charge on any atom is -0.393 e. The van der Waals surface area contributed by atoms with Gasteiger partial charge >= 0.3 is 0 Å². The van der Waals surface area contributed by atoms with Crippen molar-refractivity contribution in [2.45, 2.75) is 31.4 Å². The molecule has 0 aromatic carbocycles. The van der Waals surface area contributed by atoms with E-state index in [1.54, 1.807) is 7.05 Å². The van der Waals surface area contributed by atoms with Crippen LogP contribution in [0.2, 0.25) is 0 Å². The van der Waals surface area contributed by atoms with Crippen LogP contribution in [0.3, 0.4) is 0 Å². The van der Waals surface area contributed by atoms with E-state index in [0.717, 1.165) is 25.2 Å². The monoisotopic (exact) mass is 171 g/mol. The number of aliphatic hydroxyl groups excluding tert-OH is 1. The molecule has 3 N–H and O–H groups in total. The van der Waals surface area contributed by atoms with E-state index in [2.05, 4.69) is 15.6 Å². The van der Waals surface area contributed by atoms with Crippen molar-refractivity contribution in [3.8, 4) is 0 Å². The molecule has 1 aliphatic rings. The highest BCUT2D eigenvalue weighted by atomic mass is 16.3. The number of nitrogens with zero attached hydrogens (tertiary/aromatic N) is 1. The Morgan fingerprint density at radius 3 is 2.67 bits per heavy atom. The van der Waals surface area contributed by atoms with Crippen LogP contribution in [0.15, 0.2) is 4.99 Å². The van der Waals surface area contributed by atoms with Crippen molar-refractivity contribution in [2.75, 3.05) is 14.1 Å². The zero-order valence-electron chi connectivity index (χ0n) is 7.67. The molecule has 0 aliphatic heterocycles. The van der Waals surface area contributed by atoms with Crippen molar-refractivity contribution in [3.05, 3.63) is 0 Å². The minimum atomic E-state index is -0.127. The van der Waals surface area contributed by atoms with Gasteiger partial charge in [-0.1, -0.05) is 0 Å². The number of aliphatic hydroxyl groups is 1. The van der Waals surface area contributed by atoms with Crippen molar-refractivity contribution in [2.24, 2.45) is 4.99 Å². The third kappa shape index (κ3) is 2.37. The summed E-state index contributed by atoms with van der Waals surface area (Å²) in [5.41, 5.74) is 0. The third-order valence-electron chi connectivity index (χ3n) is 2.21. The molecule has 0 saturated heterocycles. The summed E-state index contributed by atoms with van der Waals surface area (Å²) in [4.78, 5) is 4.01.